The molecule has 0 bridgehead atoms. The molecule has 0 unspecified atom stereocenters. The highest BCUT2D eigenvalue weighted by Gasteiger charge is 2.07. The highest BCUT2D eigenvalue weighted by molar-refractivity contribution is 9.10. The van der Waals surface area contributed by atoms with Gasteiger partial charge in [0.15, 0.2) is 4.34 Å². The molecule has 0 radical (unpaired) electrons. The second-order valence-corrected chi connectivity index (χ2v) is 6.65. The standard InChI is InChI=1S/C11H11BrN2OS2/c1-7-13-14-11(17-7)16-6-8-5-9(12)3-4-10(8)15-2/h3-5H,6H2,1-2H3. The SMILES string of the molecule is COc1ccc(Br)cc1CSc1nnc(C)s1. The van der Waals surface area contributed by atoms with E-state index in [2.05, 4.69) is 32.2 Å². The fraction of sp³-hybridized carbons (Fsp3) is 0.273. The predicted octanol–water partition coefficient (Wildman–Crippen LogP) is 3.91. The molecule has 0 N–H and O–H groups in total. The Balaban J connectivity index is 2.10. The molecule has 0 fully saturated rings. The Hall–Kier alpha value is -0.590. The number of ether oxygens (including phenoxy) is 1. The van der Waals surface area contributed by atoms with Gasteiger partial charge >= 0.3 is 0 Å². The summed E-state index contributed by atoms with van der Waals surface area (Å²) in [6.45, 7) is 1.96. The molecule has 3 nitrogen and oxygen atoms in total. The lowest BCUT2D eigenvalue weighted by Gasteiger charge is -2.07. The lowest BCUT2D eigenvalue weighted by Crippen LogP contribution is -1.90. The molecule has 2 aromatic rings. The van der Waals surface area contributed by atoms with Crippen LogP contribution in [0.25, 0.3) is 0 Å². The maximum absolute atomic E-state index is 5.33. The summed E-state index contributed by atoms with van der Waals surface area (Å²) in [7, 11) is 1.69. The molecule has 17 heavy (non-hydrogen) atoms. The number of thioether (sulfide) groups is 1. The molecule has 6 heteroatoms. The van der Waals surface area contributed by atoms with Crippen LogP contribution in [0.15, 0.2) is 27.0 Å². The molecule has 0 aliphatic carbocycles. The van der Waals surface area contributed by atoms with E-state index in [1.165, 1.54) is 0 Å². The Morgan fingerprint density at radius 2 is 2.24 bits per heavy atom. The Morgan fingerprint density at radius 1 is 1.41 bits per heavy atom. The van der Waals surface area contributed by atoms with Crippen LogP contribution >= 0.6 is 39.0 Å². The van der Waals surface area contributed by atoms with E-state index < -0.39 is 0 Å². The Morgan fingerprint density at radius 3 is 2.88 bits per heavy atom. The first-order valence-corrected chi connectivity index (χ1v) is 7.54. The number of hydrogen-bond donors (Lipinski definition) is 0. The van der Waals surface area contributed by atoms with Crippen LogP contribution in [0, 0.1) is 6.92 Å². The van der Waals surface area contributed by atoms with Crippen molar-refractivity contribution in [1.29, 1.82) is 0 Å². The summed E-state index contributed by atoms with van der Waals surface area (Å²) in [5.41, 5.74) is 1.15. The molecule has 0 aliphatic rings. The monoisotopic (exact) mass is 330 g/mol. The van der Waals surface area contributed by atoms with E-state index >= 15 is 0 Å². The fourth-order valence-corrected chi connectivity index (χ4v) is 3.54. The lowest BCUT2D eigenvalue weighted by atomic mass is 10.2. The van der Waals surface area contributed by atoms with Gasteiger partial charge in [-0.1, -0.05) is 39.0 Å². The van der Waals surface area contributed by atoms with E-state index in [0.717, 1.165) is 30.9 Å². The van der Waals surface area contributed by atoms with E-state index in [1.54, 1.807) is 30.2 Å². The minimum Gasteiger partial charge on any atom is -0.496 e. The van der Waals surface area contributed by atoms with E-state index in [9.17, 15) is 0 Å². The molecule has 1 aromatic heterocycles. The Bertz CT molecular complexity index is 516. The Kier molecular flexibility index (Phi) is 4.42. The number of halogens is 1. The zero-order valence-electron chi connectivity index (χ0n) is 9.44. The number of aromatic nitrogens is 2. The summed E-state index contributed by atoms with van der Waals surface area (Å²) in [6.07, 6.45) is 0. The van der Waals surface area contributed by atoms with Gasteiger partial charge in [0, 0.05) is 15.8 Å². The fourth-order valence-electron chi connectivity index (χ4n) is 1.34. The summed E-state index contributed by atoms with van der Waals surface area (Å²) in [4.78, 5) is 0. The predicted molar refractivity (Wildman–Crippen MR) is 74.9 cm³/mol. The molecule has 1 aromatic carbocycles. The first-order chi connectivity index (χ1) is 8.19. The first kappa shape index (κ1) is 12.9. The molecule has 0 amide bonds. The summed E-state index contributed by atoms with van der Waals surface area (Å²) >= 11 is 6.76. The summed E-state index contributed by atoms with van der Waals surface area (Å²) in [5.74, 6) is 1.74. The van der Waals surface area contributed by atoms with Crippen molar-refractivity contribution < 1.29 is 4.74 Å². The van der Waals surface area contributed by atoms with Crippen LogP contribution in [0.5, 0.6) is 5.75 Å². The molecule has 0 aliphatic heterocycles. The van der Waals surface area contributed by atoms with Gasteiger partial charge < -0.3 is 4.74 Å². The van der Waals surface area contributed by atoms with Crippen molar-refractivity contribution in [3.63, 3.8) is 0 Å². The number of aryl methyl sites for hydroxylation is 1. The van der Waals surface area contributed by atoms with Crippen LogP contribution in [0.1, 0.15) is 10.6 Å². The molecule has 90 valence electrons. The quantitative estimate of drug-likeness (QED) is 0.796. The Labute approximate surface area is 117 Å². The van der Waals surface area contributed by atoms with Gasteiger partial charge in [-0.2, -0.15) is 0 Å². The molecule has 0 saturated heterocycles. The van der Waals surface area contributed by atoms with Crippen molar-refractivity contribution in [3.05, 3.63) is 33.2 Å². The molecule has 0 atom stereocenters. The van der Waals surface area contributed by atoms with Crippen LogP contribution < -0.4 is 4.74 Å². The molecular weight excluding hydrogens is 320 g/mol. The topological polar surface area (TPSA) is 35.0 Å². The van der Waals surface area contributed by atoms with Crippen molar-refractivity contribution in [2.75, 3.05) is 7.11 Å². The average molecular weight is 331 g/mol. The van der Waals surface area contributed by atoms with Crippen molar-refractivity contribution in [1.82, 2.24) is 10.2 Å². The van der Waals surface area contributed by atoms with Gasteiger partial charge in [0.05, 0.1) is 7.11 Å². The third kappa shape index (κ3) is 3.43. The van der Waals surface area contributed by atoms with Crippen LogP contribution in [-0.2, 0) is 5.75 Å². The van der Waals surface area contributed by atoms with Crippen molar-refractivity contribution in [2.45, 2.75) is 17.0 Å². The molecule has 1 heterocycles. The maximum atomic E-state index is 5.33. The van der Waals surface area contributed by atoms with Gasteiger partial charge in [-0.3, -0.25) is 0 Å². The molecular formula is C11H11BrN2OS2. The molecule has 0 spiro atoms. The summed E-state index contributed by atoms with van der Waals surface area (Å²) in [6, 6.07) is 6.01. The van der Waals surface area contributed by atoms with Crippen molar-refractivity contribution in [2.24, 2.45) is 0 Å². The second-order valence-electron chi connectivity index (χ2n) is 3.33. The van der Waals surface area contributed by atoms with Gasteiger partial charge in [0.2, 0.25) is 0 Å². The number of benzene rings is 1. The van der Waals surface area contributed by atoms with E-state index in [-0.39, 0.29) is 0 Å². The van der Waals surface area contributed by atoms with Gasteiger partial charge in [-0.05, 0) is 25.1 Å². The van der Waals surface area contributed by atoms with Crippen LogP contribution in [0.3, 0.4) is 0 Å². The zero-order valence-corrected chi connectivity index (χ0v) is 12.7. The highest BCUT2D eigenvalue weighted by atomic mass is 79.9. The summed E-state index contributed by atoms with van der Waals surface area (Å²) < 4.78 is 7.38. The first-order valence-electron chi connectivity index (χ1n) is 4.94. The van der Waals surface area contributed by atoms with Gasteiger partial charge in [-0.15, -0.1) is 10.2 Å². The normalized spacial score (nSPS) is 10.5. The maximum Gasteiger partial charge on any atom is 0.174 e. The number of methoxy groups -OCH3 is 1. The lowest BCUT2D eigenvalue weighted by molar-refractivity contribution is 0.411. The van der Waals surface area contributed by atoms with Crippen molar-refractivity contribution >= 4 is 39.0 Å². The molecule has 0 saturated carbocycles. The number of nitrogens with zero attached hydrogens (tertiary/aromatic N) is 2. The van der Waals surface area contributed by atoms with Crippen LogP contribution in [0.4, 0.5) is 0 Å². The van der Waals surface area contributed by atoms with E-state index in [1.807, 2.05) is 19.1 Å². The van der Waals surface area contributed by atoms with Gasteiger partial charge in [0.25, 0.3) is 0 Å². The largest absolute Gasteiger partial charge is 0.496 e. The van der Waals surface area contributed by atoms with E-state index in [0.29, 0.717) is 0 Å². The van der Waals surface area contributed by atoms with Crippen molar-refractivity contribution in [3.8, 4) is 5.75 Å². The minimum absolute atomic E-state index is 0.831. The number of rotatable bonds is 4. The average Bonchev–Trinajstić information content (AvgIpc) is 2.73. The van der Waals surface area contributed by atoms with E-state index in [4.69, 9.17) is 4.74 Å². The van der Waals surface area contributed by atoms with Gasteiger partial charge in [0.1, 0.15) is 10.8 Å². The third-order valence-electron chi connectivity index (χ3n) is 2.10. The third-order valence-corrected chi connectivity index (χ3v) is 4.62. The number of hydrogen-bond acceptors (Lipinski definition) is 5. The second kappa shape index (κ2) is 5.84. The zero-order chi connectivity index (χ0) is 12.3. The molecule has 2 rings (SSSR count). The smallest absolute Gasteiger partial charge is 0.174 e. The minimum atomic E-state index is 0.831. The summed E-state index contributed by atoms with van der Waals surface area (Å²) in [5, 5.41) is 9.08. The van der Waals surface area contributed by atoms with Gasteiger partial charge in [-0.25, -0.2) is 0 Å². The van der Waals surface area contributed by atoms with Crippen LogP contribution in [0.2, 0.25) is 0 Å². The van der Waals surface area contributed by atoms with Crippen LogP contribution in [-0.4, -0.2) is 17.3 Å². The highest BCUT2D eigenvalue weighted by Crippen LogP contribution is 2.31.